The zero-order valence-corrected chi connectivity index (χ0v) is 20.5. The van der Waals surface area contributed by atoms with Crippen LogP contribution >= 0.6 is 0 Å². The first kappa shape index (κ1) is 23.4. The molecule has 9 heteroatoms. The Morgan fingerprint density at radius 1 is 1.00 bits per heavy atom. The number of benzene rings is 2. The number of esters is 1. The Morgan fingerprint density at radius 3 is 2.38 bits per heavy atom. The van der Waals surface area contributed by atoms with Crippen molar-refractivity contribution in [2.24, 2.45) is 0 Å². The van der Waals surface area contributed by atoms with E-state index in [1.165, 1.54) is 23.0 Å². The number of fused-ring (bicyclic) bond motifs is 1. The second kappa shape index (κ2) is 8.90. The molecule has 0 unspecified atom stereocenters. The molecule has 176 valence electrons. The van der Waals surface area contributed by atoms with Gasteiger partial charge in [-0.1, -0.05) is 29.3 Å². The lowest BCUT2D eigenvalue weighted by atomic mass is 10.0. The standard InChI is InChI=1S/C25H26N4O4S/c1-6-33-25(30)21-14-26-29(24(21)28-34(31,32)19-9-7-15(2)8-10-19)22-13-17(4)20-12-16(3)11-18(5)23(20)27-22/h7-14,28H,6H2,1-5H3. The molecule has 4 aromatic rings. The zero-order valence-electron chi connectivity index (χ0n) is 19.7. The second-order valence-corrected chi connectivity index (χ2v) is 9.92. The molecule has 0 saturated heterocycles. The van der Waals surface area contributed by atoms with Crippen molar-refractivity contribution in [3.05, 3.63) is 76.5 Å². The van der Waals surface area contributed by atoms with Crippen molar-refractivity contribution in [1.82, 2.24) is 14.8 Å². The number of nitrogens with one attached hydrogen (secondary N) is 1. The summed E-state index contributed by atoms with van der Waals surface area (Å²) in [6, 6.07) is 12.3. The van der Waals surface area contributed by atoms with Gasteiger partial charge in [-0.3, -0.25) is 4.72 Å². The Kier molecular flexibility index (Phi) is 6.14. The molecular weight excluding hydrogens is 452 g/mol. The Bertz CT molecular complexity index is 1510. The average molecular weight is 479 g/mol. The van der Waals surface area contributed by atoms with Crippen molar-refractivity contribution in [2.75, 3.05) is 11.3 Å². The number of anilines is 1. The number of nitrogens with zero attached hydrogens (tertiary/aromatic N) is 3. The summed E-state index contributed by atoms with van der Waals surface area (Å²) in [5.74, 6) is -0.330. The molecule has 8 nitrogen and oxygen atoms in total. The SMILES string of the molecule is CCOC(=O)c1cnn(-c2cc(C)c3cc(C)cc(C)c3n2)c1NS(=O)(=O)c1ccc(C)cc1. The van der Waals surface area contributed by atoms with Crippen molar-refractivity contribution in [3.63, 3.8) is 0 Å². The molecule has 0 atom stereocenters. The van der Waals surface area contributed by atoms with Crippen LogP contribution in [0.2, 0.25) is 0 Å². The number of ether oxygens (including phenoxy) is 1. The molecule has 0 bridgehead atoms. The molecule has 0 saturated carbocycles. The number of aryl methyl sites for hydroxylation is 4. The first-order chi connectivity index (χ1) is 16.1. The molecule has 0 fully saturated rings. The number of aromatic nitrogens is 3. The molecular formula is C25H26N4O4S. The van der Waals surface area contributed by atoms with Crippen LogP contribution in [-0.4, -0.2) is 35.8 Å². The molecule has 0 aliphatic carbocycles. The van der Waals surface area contributed by atoms with Crippen LogP contribution in [0, 0.1) is 27.7 Å². The van der Waals surface area contributed by atoms with Gasteiger partial charge >= 0.3 is 5.97 Å². The highest BCUT2D eigenvalue weighted by molar-refractivity contribution is 7.92. The van der Waals surface area contributed by atoms with Gasteiger partial charge in [0.15, 0.2) is 11.6 Å². The van der Waals surface area contributed by atoms with Gasteiger partial charge in [0.05, 0.1) is 23.2 Å². The number of carbonyl (C=O) groups excluding carboxylic acids is 1. The maximum atomic E-state index is 13.2. The Balaban J connectivity index is 1.89. The van der Waals surface area contributed by atoms with Crippen molar-refractivity contribution in [3.8, 4) is 5.82 Å². The summed E-state index contributed by atoms with van der Waals surface area (Å²) in [6.45, 7) is 9.64. The van der Waals surface area contributed by atoms with Crippen molar-refractivity contribution < 1.29 is 17.9 Å². The lowest BCUT2D eigenvalue weighted by Gasteiger charge is -2.14. The van der Waals surface area contributed by atoms with Crippen LogP contribution in [0.15, 0.2) is 53.6 Å². The second-order valence-electron chi connectivity index (χ2n) is 8.23. The topological polar surface area (TPSA) is 103 Å². The van der Waals surface area contributed by atoms with Crippen molar-refractivity contribution in [1.29, 1.82) is 0 Å². The fourth-order valence-electron chi connectivity index (χ4n) is 3.82. The van der Waals surface area contributed by atoms with E-state index in [0.717, 1.165) is 33.2 Å². The summed E-state index contributed by atoms with van der Waals surface area (Å²) < 4.78 is 35.3. The summed E-state index contributed by atoms with van der Waals surface area (Å²) in [6.07, 6.45) is 1.29. The fraction of sp³-hybridized carbons (Fsp3) is 0.240. The van der Waals surface area contributed by atoms with E-state index in [1.807, 2.05) is 39.8 Å². The highest BCUT2D eigenvalue weighted by Crippen LogP contribution is 2.28. The Labute approximate surface area is 198 Å². The first-order valence-corrected chi connectivity index (χ1v) is 12.3. The van der Waals surface area contributed by atoms with E-state index in [-0.39, 0.29) is 22.9 Å². The lowest BCUT2D eigenvalue weighted by molar-refractivity contribution is 0.0527. The third-order valence-electron chi connectivity index (χ3n) is 5.49. The van der Waals surface area contributed by atoms with Gasteiger partial charge in [0.2, 0.25) is 0 Å². The summed E-state index contributed by atoms with van der Waals surface area (Å²) in [7, 11) is -4.01. The van der Waals surface area contributed by atoms with E-state index >= 15 is 0 Å². The predicted molar refractivity (Wildman–Crippen MR) is 131 cm³/mol. The van der Waals surface area contributed by atoms with E-state index in [9.17, 15) is 13.2 Å². The fourth-order valence-corrected chi connectivity index (χ4v) is 4.88. The van der Waals surface area contributed by atoms with Crippen LogP contribution in [0.1, 0.15) is 39.5 Å². The normalized spacial score (nSPS) is 11.6. The molecule has 34 heavy (non-hydrogen) atoms. The van der Waals surface area contributed by atoms with Gasteiger partial charge in [0.25, 0.3) is 10.0 Å². The maximum absolute atomic E-state index is 13.2. The number of hydrogen-bond acceptors (Lipinski definition) is 6. The molecule has 0 aliphatic rings. The van der Waals surface area contributed by atoms with Crippen LogP contribution in [0.25, 0.3) is 16.7 Å². The zero-order chi connectivity index (χ0) is 24.6. The molecule has 4 rings (SSSR count). The first-order valence-electron chi connectivity index (χ1n) is 10.8. The molecule has 0 amide bonds. The quantitative estimate of drug-likeness (QED) is 0.405. The number of sulfonamides is 1. The number of carbonyl (C=O) groups is 1. The van der Waals surface area contributed by atoms with Crippen LogP contribution in [0.4, 0.5) is 5.82 Å². The minimum atomic E-state index is -4.01. The van der Waals surface area contributed by atoms with Gasteiger partial charge in [-0.2, -0.15) is 9.78 Å². The number of pyridine rings is 1. The van der Waals surface area contributed by atoms with Crippen molar-refractivity contribution in [2.45, 2.75) is 39.5 Å². The van der Waals surface area contributed by atoms with Crippen molar-refractivity contribution >= 4 is 32.7 Å². The monoisotopic (exact) mass is 478 g/mol. The van der Waals surface area contributed by atoms with Crippen LogP contribution in [-0.2, 0) is 14.8 Å². The van der Waals surface area contributed by atoms with E-state index in [0.29, 0.717) is 5.82 Å². The Hall–Kier alpha value is -3.72. The summed E-state index contributed by atoms with van der Waals surface area (Å²) in [5.41, 5.74) is 4.77. The molecule has 2 aromatic carbocycles. The Morgan fingerprint density at radius 2 is 1.71 bits per heavy atom. The minimum absolute atomic E-state index is 0.00212. The van der Waals surface area contributed by atoms with Crippen LogP contribution in [0.5, 0.6) is 0 Å². The van der Waals surface area contributed by atoms with E-state index < -0.39 is 16.0 Å². The average Bonchev–Trinajstić information content (AvgIpc) is 3.17. The molecule has 0 radical (unpaired) electrons. The van der Waals surface area contributed by atoms with Crippen LogP contribution in [0.3, 0.4) is 0 Å². The number of rotatable bonds is 6. The van der Waals surface area contributed by atoms with Gasteiger partial charge in [-0.15, -0.1) is 0 Å². The van der Waals surface area contributed by atoms with Gasteiger partial charge in [-0.25, -0.2) is 18.2 Å². The molecule has 2 aromatic heterocycles. The third-order valence-corrected chi connectivity index (χ3v) is 6.84. The van der Waals surface area contributed by atoms with Gasteiger partial charge in [0, 0.05) is 5.39 Å². The largest absolute Gasteiger partial charge is 0.462 e. The molecule has 0 spiro atoms. The summed E-state index contributed by atoms with van der Waals surface area (Å²) in [5, 5.41) is 5.30. The number of hydrogen-bond donors (Lipinski definition) is 1. The lowest BCUT2D eigenvalue weighted by Crippen LogP contribution is -2.19. The third kappa shape index (κ3) is 4.38. The van der Waals surface area contributed by atoms with Gasteiger partial charge < -0.3 is 4.74 Å². The maximum Gasteiger partial charge on any atom is 0.343 e. The van der Waals surface area contributed by atoms with E-state index in [2.05, 4.69) is 15.9 Å². The van der Waals surface area contributed by atoms with E-state index in [4.69, 9.17) is 9.72 Å². The molecule has 1 N–H and O–H groups in total. The van der Waals surface area contributed by atoms with Crippen LogP contribution < -0.4 is 4.72 Å². The van der Waals surface area contributed by atoms with Gasteiger partial charge in [-0.05, 0) is 70.0 Å². The molecule has 2 heterocycles. The summed E-state index contributed by atoms with van der Waals surface area (Å²) in [4.78, 5) is 17.4. The predicted octanol–water partition coefficient (Wildman–Crippen LogP) is 4.63. The van der Waals surface area contributed by atoms with Gasteiger partial charge in [0.1, 0.15) is 5.56 Å². The summed E-state index contributed by atoms with van der Waals surface area (Å²) >= 11 is 0. The highest BCUT2D eigenvalue weighted by Gasteiger charge is 2.26. The van der Waals surface area contributed by atoms with E-state index in [1.54, 1.807) is 19.1 Å². The smallest absolute Gasteiger partial charge is 0.343 e. The highest BCUT2D eigenvalue weighted by atomic mass is 32.2. The minimum Gasteiger partial charge on any atom is -0.462 e. The molecule has 0 aliphatic heterocycles.